The van der Waals surface area contributed by atoms with E-state index in [-0.39, 0.29) is 6.42 Å². The largest absolute Gasteiger partial charge is 0.523 e. The van der Waals surface area contributed by atoms with Gasteiger partial charge >= 0.3 is 27.7 Å². The molecular weight excluding hydrogens is 368 g/mol. The van der Waals surface area contributed by atoms with Crippen LogP contribution in [0.4, 0.5) is 35.1 Å². The lowest BCUT2D eigenvalue weighted by molar-refractivity contribution is -0.379. The first-order valence-corrected chi connectivity index (χ1v) is 7.63. The quantitative estimate of drug-likeness (QED) is 0.248. The lowest BCUT2D eigenvalue weighted by Gasteiger charge is -2.28. The summed E-state index contributed by atoms with van der Waals surface area (Å²) in [5.74, 6) is -5.95. The molecule has 0 aromatic heterocycles. The number of unbranched alkanes of at least 4 members (excludes halogenated alkanes) is 3. The summed E-state index contributed by atoms with van der Waals surface area (Å²) in [6, 6.07) is 0. The van der Waals surface area contributed by atoms with Crippen LogP contribution in [0.1, 0.15) is 32.6 Å². The maximum absolute atomic E-state index is 13.1. The van der Waals surface area contributed by atoms with E-state index in [0.29, 0.717) is 19.3 Å². The highest BCUT2D eigenvalue weighted by Gasteiger charge is 2.67. The van der Waals surface area contributed by atoms with Crippen LogP contribution in [0.2, 0.25) is 0 Å². The average Bonchev–Trinajstić information content (AvgIpc) is 2.36. The van der Waals surface area contributed by atoms with Crippen molar-refractivity contribution in [3.8, 4) is 0 Å². The van der Waals surface area contributed by atoms with Crippen LogP contribution in [0.15, 0.2) is 0 Å². The summed E-state index contributed by atoms with van der Waals surface area (Å²) < 4.78 is 127. The SMILES string of the molecule is CCCCCCOC(F)(F)C(F)(F)C(F)OS(=O)(=O)C(F)(F)F. The first-order valence-electron chi connectivity index (χ1n) is 6.22. The molecule has 1 unspecified atom stereocenters. The average molecular weight is 382 g/mol. The van der Waals surface area contributed by atoms with Gasteiger partial charge in [-0.15, -0.1) is 0 Å². The van der Waals surface area contributed by atoms with E-state index < -0.39 is 40.6 Å². The fraction of sp³-hybridized carbons (Fsp3) is 1.00. The molecule has 0 saturated heterocycles. The maximum Gasteiger partial charge on any atom is 0.523 e. The molecule has 13 heteroatoms. The van der Waals surface area contributed by atoms with Crippen molar-refractivity contribution < 1.29 is 52.5 Å². The van der Waals surface area contributed by atoms with Crippen molar-refractivity contribution in [1.29, 1.82) is 0 Å². The molecule has 4 nitrogen and oxygen atoms in total. The molecule has 0 fully saturated rings. The van der Waals surface area contributed by atoms with Gasteiger partial charge in [-0.2, -0.15) is 39.2 Å². The van der Waals surface area contributed by atoms with E-state index in [4.69, 9.17) is 0 Å². The van der Waals surface area contributed by atoms with Crippen LogP contribution in [0.25, 0.3) is 0 Å². The second-order valence-electron chi connectivity index (χ2n) is 4.36. The fourth-order valence-electron chi connectivity index (χ4n) is 1.18. The molecule has 0 aromatic rings. The first-order chi connectivity index (χ1) is 10.2. The Morgan fingerprint density at radius 3 is 1.91 bits per heavy atom. The van der Waals surface area contributed by atoms with Gasteiger partial charge in [0.2, 0.25) is 0 Å². The van der Waals surface area contributed by atoms with Crippen molar-refractivity contribution in [2.45, 2.75) is 56.5 Å². The van der Waals surface area contributed by atoms with Crippen molar-refractivity contribution in [2.75, 3.05) is 6.61 Å². The number of alkyl halides is 8. The third-order valence-corrected chi connectivity index (χ3v) is 3.44. The lowest BCUT2D eigenvalue weighted by atomic mass is 10.2. The van der Waals surface area contributed by atoms with Crippen LogP contribution in [0, 0.1) is 0 Å². The van der Waals surface area contributed by atoms with E-state index in [1.165, 1.54) is 0 Å². The lowest BCUT2D eigenvalue weighted by Crippen LogP contribution is -2.52. The van der Waals surface area contributed by atoms with Crippen LogP contribution < -0.4 is 0 Å². The normalized spacial score (nSPS) is 15.7. The van der Waals surface area contributed by atoms with Gasteiger partial charge in [0.25, 0.3) is 6.36 Å². The molecule has 0 amide bonds. The molecule has 0 aliphatic carbocycles. The molecule has 0 aromatic carbocycles. The number of hydrogen-bond acceptors (Lipinski definition) is 4. The van der Waals surface area contributed by atoms with E-state index in [0.717, 1.165) is 0 Å². The summed E-state index contributed by atoms with van der Waals surface area (Å²) >= 11 is 0. The van der Waals surface area contributed by atoms with Crippen molar-refractivity contribution in [3.63, 3.8) is 0 Å². The Morgan fingerprint density at radius 2 is 1.48 bits per heavy atom. The van der Waals surface area contributed by atoms with Crippen molar-refractivity contribution in [2.24, 2.45) is 0 Å². The third kappa shape index (κ3) is 6.03. The van der Waals surface area contributed by atoms with E-state index in [2.05, 4.69) is 8.92 Å². The number of halogens is 8. The predicted molar refractivity (Wildman–Crippen MR) is 60.9 cm³/mol. The van der Waals surface area contributed by atoms with Gasteiger partial charge in [-0.05, 0) is 6.42 Å². The van der Waals surface area contributed by atoms with Gasteiger partial charge in [0.05, 0.1) is 6.61 Å². The molecule has 0 spiro atoms. The van der Waals surface area contributed by atoms with Gasteiger partial charge in [-0.3, -0.25) is 0 Å². The molecule has 140 valence electrons. The zero-order valence-electron chi connectivity index (χ0n) is 11.7. The molecule has 1 atom stereocenters. The smallest absolute Gasteiger partial charge is 0.316 e. The Kier molecular flexibility index (Phi) is 7.68. The molecule has 0 N–H and O–H groups in total. The van der Waals surface area contributed by atoms with Gasteiger partial charge in [-0.1, -0.05) is 26.2 Å². The molecule has 0 rings (SSSR count). The fourth-order valence-corrected chi connectivity index (χ4v) is 1.64. The predicted octanol–water partition coefficient (Wildman–Crippen LogP) is 3.97. The number of ether oxygens (including phenoxy) is 1. The molecule has 0 aliphatic heterocycles. The maximum atomic E-state index is 13.1. The van der Waals surface area contributed by atoms with E-state index in [1.807, 2.05) is 0 Å². The number of hydrogen-bond donors (Lipinski definition) is 0. The van der Waals surface area contributed by atoms with Crippen LogP contribution in [-0.2, 0) is 19.0 Å². The zero-order chi connectivity index (χ0) is 18.5. The van der Waals surface area contributed by atoms with Gasteiger partial charge in [0.1, 0.15) is 0 Å². The van der Waals surface area contributed by atoms with E-state index in [1.54, 1.807) is 6.92 Å². The zero-order valence-corrected chi connectivity index (χ0v) is 12.5. The Balaban J connectivity index is 4.86. The minimum absolute atomic E-state index is 0.0851. The van der Waals surface area contributed by atoms with Gasteiger partial charge in [-0.25, -0.2) is 8.57 Å². The summed E-state index contributed by atoms with van der Waals surface area (Å²) in [6.45, 7) is 0.844. The minimum Gasteiger partial charge on any atom is -0.316 e. The van der Waals surface area contributed by atoms with Crippen LogP contribution in [0.3, 0.4) is 0 Å². The monoisotopic (exact) mass is 382 g/mol. The minimum atomic E-state index is -6.82. The molecule has 0 saturated carbocycles. The Morgan fingerprint density at radius 1 is 0.957 bits per heavy atom. The van der Waals surface area contributed by atoms with Crippen molar-refractivity contribution in [1.82, 2.24) is 0 Å². The van der Waals surface area contributed by atoms with Crippen LogP contribution >= 0.6 is 0 Å². The summed E-state index contributed by atoms with van der Waals surface area (Å²) in [6.07, 6.45) is -8.79. The number of rotatable bonds is 10. The summed E-state index contributed by atoms with van der Waals surface area (Å²) in [7, 11) is -6.82. The summed E-state index contributed by atoms with van der Waals surface area (Å²) in [4.78, 5) is 0. The second kappa shape index (κ2) is 7.92. The van der Waals surface area contributed by atoms with Crippen LogP contribution in [0.5, 0.6) is 0 Å². The molecule has 23 heavy (non-hydrogen) atoms. The summed E-state index contributed by atoms with van der Waals surface area (Å²) in [5.41, 5.74) is -6.25. The second-order valence-corrected chi connectivity index (χ2v) is 5.92. The van der Waals surface area contributed by atoms with E-state index >= 15 is 0 Å². The molecule has 0 aliphatic rings. The third-order valence-electron chi connectivity index (χ3n) is 2.45. The topological polar surface area (TPSA) is 52.6 Å². The highest BCUT2D eigenvalue weighted by molar-refractivity contribution is 7.87. The Labute approximate surface area is 126 Å². The molecule has 0 heterocycles. The van der Waals surface area contributed by atoms with Gasteiger partial charge in [0, 0.05) is 0 Å². The Bertz CT molecular complexity index is 462. The van der Waals surface area contributed by atoms with Crippen molar-refractivity contribution in [3.05, 3.63) is 0 Å². The highest BCUT2D eigenvalue weighted by Crippen LogP contribution is 2.41. The molecular formula is C10H14F8O4S. The van der Waals surface area contributed by atoms with Gasteiger partial charge < -0.3 is 4.74 Å². The standard InChI is InChI=1S/C10H14F8O4S/c1-2-3-4-5-6-21-9(14,15)8(12,13)7(11)22-23(19,20)10(16,17)18/h7H,2-6H2,1H3. The van der Waals surface area contributed by atoms with Crippen LogP contribution in [-0.4, -0.2) is 38.9 Å². The molecule has 0 bridgehead atoms. The highest BCUT2D eigenvalue weighted by atomic mass is 32.2. The Hall–Kier alpha value is -0.690. The van der Waals surface area contributed by atoms with Gasteiger partial charge in [0.15, 0.2) is 0 Å². The van der Waals surface area contributed by atoms with Crippen molar-refractivity contribution >= 4 is 10.1 Å². The van der Waals surface area contributed by atoms with E-state index in [9.17, 15) is 43.5 Å². The molecule has 0 radical (unpaired) electrons. The summed E-state index contributed by atoms with van der Waals surface area (Å²) in [5, 5.41) is 0. The first kappa shape index (κ1) is 22.3.